The molecule has 54 valence electrons. The molecule has 1 N–H and O–H groups in total. The van der Waals surface area contributed by atoms with Crippen LogP contribution in [0.4, 0.5) is 0 Å². The van der Waals surface area contributed by atoms with Crippen molar-refractivity contribution in [1.29, 1.82) is 0 Å². The highest BCUT2D eigenvalue weighted by Crippen LogP contribution is 2.49. The molecule has 2 rings (SSSR count). The van der Waals surface area contributed by atoms with Gasteiger partial charge in [-0.25, -0.2) is 0 Å². The van der Waals surface area contributed by atoms with Gasteiger partial charge in [0.1, 0.15) is 0 Å². The zero-order chi connectivity index (χ0) is 5.45. The Bertz CT molecular complexity index is 91.1. The average Bonchev–Trinajstić information content (AvgIpc) is 2.52. The van der Waals surface area contributed by atoms with Crippen molar-refractivity contribution in [2.45, 2.75) is 25.7 Å². The van der Waals surface area contributed by atoms with Crippen LogP contribution in [-0.2, 0) is 0 Å². The molecule has 1 aliphatic heterocycles. The van der Waals surface area contributed by atoms with Gasteiger partial charge in [-0.2, -0.15) is 0 Å². The van der Waals surface area contributed by atoms with Crippen LogP contribution in [0.25, 0.3) is 0 Å². The summed E-state index contributed by atoms with van der Waals surface area (Å²) in [7, 11) is 0. The van der Waals surface area contributed by atoms with E-state index in [1.807, 2.05) is 0 Å². The first-order valence-electron chi connectivity index (χ1n) is 3.62. The van der Waals surface area contributed by atoms with Crippen LogP contribution in [0, 0.1) is 5.41 Å². The summed E-state index contributed by atoms with van der Waals surface area (Å²) < 4.78 is 0. The highest BCUT2D eigenvalue weighted by Gasteiger charge is 2.42. The summed E-state index contributed by atoms with van der Waals surface area (Å²) in [5.41, 5.74) is 0.818. The van der Waals surface area contributed by atoms with Gasteiger partial charge in [0.05, 0.1) is 0 Å². The fourth-order valence-electron chi connectivity index (χ4n) is 1.63. The molecule has 0 amide bonds. The van der Waals surface area contributed by atoms with Crippen molar-refractivity contribution in [2.24, 2.45) is 5.41 Å². The number of piperidine rings is 1. The van der Waals surface area contributed by atoms with Crippen LogP contribution in [-0.4, -0.2) is 13.1 Å². The topological polar surface area (TPSA) is 12.0 Å². The zero-order valence-corrected chi connectivity index (χ0v) is 6.47. The van der Waals surface area contributed by atoms with Crippen molar-refractivity contribution in [3.63, 3.8) is 0 Å². The lowest BCUT2D eigenvalue weighted by atomic mass is 9.97. The van der Waals surface area contributed by atoms with E-state index in [0.29, 0.717) is 0 Å². The number of rotatable bonds is 0. The van der Waals surface area contributed by atoms with Gasteiger partial charge >= 0.3 is 0 Å². The minimum Gasteiger partial charge on any atom is -0.316 e. The Labute approximate surface area is 62.6 Å². The van der Waals surface area contributed by atoms with E-state index in [1.54, 1.807) is 0 Å². The molecule has 0 aromatic rings. The maximum Gasteiger partial charge on any atom is 0.000782 e. The molecule has 0 unspecified atom stereocenters. The first kappa shape index (κ1) is 7.36. The summed E-state index contributed by atoms with van der Waals surface area (Å²) in [5.74, 6) is 0. The van der Waals surface area contributed by atoms with Crippen molar-refractivity contribution >= 4 is 12.4 Å². The molecule has 0 aromatic carbocycles. The van der Waals surface area contributed by atoms with Gasteiger partial charge in [-0.1, -0.05) is 0 Å². The maximum atomic E-state index is 3.44. The van der Waals surface area contributed by atoms with Crippen LogP contribution < -0.4 is 5.32 Å². The Morgan fingerprint density at radius 2 is 1.89 bits per heavy atom. The molecule has 9 heavy (non-hydrogen) atoms. The van der Waals surface area contributed by atoms with Gasteiger partial charge < -0.3 is 5.32 Å². The minimum atomic E-state index is 0. The predicted octanol–water partition coefficient (Wildman–Crippen LogP) is 1.57. The fraction of sp³-hybridized carbons (Fsp3) is 1.00. The van der Waals surface area contributed by atoms with E-state index in [2.05, 4.69) is 5.32 Å². The average molecular weight is 148 g/mol. The third-order valence-electron chi connectivity index (χ3n) is 2.52. The maximum absolute atomic E-state index is 3.44. The molecule has 1 aliphatic carbocycles. The van der Waals surface area contributed by atoms with Crippen LogP contribution in [0.1, 0.15) is 25.7 Å². The monoisotopic (exact) mass is 147 g/mol. The molecule has 2 heteroatoms. The summed E-state index contributed by atoms with van der Waals surface area (Å²) >= 11 is 0. The largest absolute Gasteiger partial charge is 0.316 e. The van der Waals surface area contributed by atoms with Crippen molar-refractivity contribution in [1.82, 2.24) is 5.32 Å². The molecule has 2 fully saturated rings. The number of hydrogen-bond acceptors (Lipinski definition) is 1. The lowest BCUT2D eigenvalue weighted by molar-refractivity contribution is 0.358. The lowest BCUT2D eigenvalue weighted by Gasteiger charge is -2.21. The fourth-order valence-corrected chi connectivity index (χ4v) is 1.63. The van der Waals surface area contributed by atoms with Crippen molar-refractivity contribution in [2.75, 3.05) is 13.1 Å². The van der Waals surface area contributed by atoms with E-state index < -0.39 is 0 Å². The minimum absolute atomic E-state index is 0. The molecular weight excluding hydrogens is 134 g/mol. The number of halogens is 1. The molecule has 0 bridgehead atoms. The Balaban J connectivity index is 0.000000405. The van der Waals surface area contributed by atoms with E-state index in [-0.39, 0.29) is 12.4 Å². The third-order valence-corrected chi connectivity index (χ3v) is 2.52. The lowest BCUT2D eigenvalue weighted by Crippen LogP contribution is -2.30. The predicted molar refractivity (Wildman–Crippen MR) is 41.0 cm³/mol. The molecular formula is C7H14ClN. The molecule has 1 nitrogen and oxygen atoms in total. The van der Waals surface area contributed by atoms with Gasteiger partial charge in [0, 0.05) is 6.54 Å². The summed E-state index contributed by atoms with van der Waals surface area (Å²) in [5, 5.41) is 3.44. The molecule has 0 atom stereocenters. The normalized spacial score (nSPS) is 29.3. The number of nitrogens with one attached hydrogen (secondary N) is 1. The number of hydrogen-bond donors (Lipinski definition) is 1. The molecule has 0 radical (unpaired) electrons. The Hall–Kier alpha value is 0.250. The zero-order valence-electron chi connectivity index (χ0n) is 5.65. The molecule has 2 aliphatic rings. The first-order chi connectivity index (χ1) is 3.91. The molecule has 1 heterocycles. The van der Waals surface area contributed by atoms with Gasteiger partial charge in [0.2, 0.25) is 0 Å². The Morgan fingerprint density at radius 3 is 2.22 bits per heavy atom. The van der Waals surface area contributed by atoms with Gasteiger partial charge in [0.15, 0.2) is 0 Å². The molecule has 1 saturated heterocycles. The van der Waals surface area contributed by atoms with E-state index in [9.17, 15) is 0 Å². The van der Waals surface area contributed by atoms with Crippen LogP contribution in [0.2, 0.25) is 0 Å². The summed E-state index contributed by atoms with van der Waals surface area (Å²) in [6.07, 6.45) is 5.92. The van der Waals surface area contributed by atoms with E-state index in [4.69, 9.17) is 0 Å². The van der Waals surface area contributed by atoms with Gasteiger partial charge in [0.25, 0.3) is 0 Å². The van der Waals surface area contributed by atoms with Crippen LogP contribution >= 0.6 is 12.4 Å². The highest BCUT2D eigenvalue weighted by atomic mass is 35.5. The van der Waals surface area contributed by atoms with Crippen molar-refractivity contribution < 1.29 is 0 Å². The Kier molecular flexibility index (Phi) is 2.02. The summed E-state index contributed by atoms with van der Waals surface area (Å²) in [6, 6.07) is 0. The van der Waals surface area contributed by atoms with E-state index in [1.165, 1.54) is 38.8 Å². The second-order valence-electron chi connectivity index (χ2n) is 3.28. The standard InChI is InChI=1S/C7H13N.ClH/c1-2-7(3-4-7)6-8-5-1;/h8H,1-6H2;1H. The van der Waals surface area contributed by atoms with E-state index in [0.717, 1.165) is 5.41 Å². The smallest absolute Gasteiger partial charge is 0.000782 e. The summed E-state index contributed by atoms with van der Waals surface area (Å²) in [4.78, 5) is 0. The van der Waals surface area contributed by atoms with Crippen molar-refractivity contribution in [3.8, 4) is 0 Å². The second kappa shape index (κ2) is 2.47. The highest BCUT2D eigenvalue weighted by molar-refractivity contribution is 5.85. The summed E-state index contributed by atoms with van der Waals surface area (Å²) in [6.45, 7) is 2.58. The Morgan fingerprint density at radius 1 is 1.11 bits per heavy atom. The van der Waals surface area contributed by atoms with Gasteiger partial charge in [-0.15, -0.1) is 12.4 Å². The second-order valence-corrected chi connectivity index (χ2v) is 3.28. The van der Waals surface area contributed by atoms with Crippen LogP contribution in [0.3, 0.4) is 0 Å². The first-order valence-corrected chi connectivity index (χ1v) is 3.62. The SMILES string of the molecule is C1CNCC2(C1)CC2.Cl. The molecule has 0 aromatic heterocycles. The van der Waals surface area contributed by atoms with Gasteiger partial charge in [-0.05, 0) is 37.6 Å². The van der Waals surface area contributed by atoms with Gasteiger partial charge in [-0.3, -0.25) is 0 Å². The van der Waals surface area contributed by atoms with Crippen LogP contribution in [0.5, 0.6) is 0 Å². The van der Waals surface area contributed by atoms with Crippen LogP contribution in [0.15, 0.2) is 0 Å². The van der Waals surface area contributed by atoms with E-state index >= 15 is 0 Å². The molecule has 1 spiro atoms. The third kappa shape index (κ3) is 1.39. The quantitative estimate of drug-likeness (QED) is 0.549. The molecule has 1 saturated carbocycles. The van der Waals surface area contributed by atoms with Crippen molar-refractivity contribution in [3.05, 3.63) is 0 Å².